The maximum absolute atomic E-state index is 14.2. The van der Waals surface area contributed by atoms with Crippen molar-refractivity contribution in [3.63, 3.8) is 0 Å². The second kappa shape index (κ2) is 8.83. The summed E-state index contributed by atoms with van der Waals surface area (Å²) in [7, 11) is 2.93. The number of nitriles is 1. The molecule has 202 valence electrons. The maximum Gasteiger partial charge on any atom is 0.255 e. The van der Waals surface area contributed by atoms with Crippen LogP contribution in [0.15, 0.2) is 29.0 Å². The number of ketones is 2. The summed E-state index contributed by atoms with van der Waals surface area (Å²) in [5.41, 5.74) is 11.3. The van der Waals surface area contributed by atoms with E-state index in [2.05, 4.69) is 0 Å². The average molecular weight is 526 g/mol. The molecule has 38 heavy (non-hydrogen) atoms. The van der Waals surface area contributed by atoms with Crippen molar-refractivity contribution < 1.29 is 34.4 Å². The summed E-state index contributed by atoms with van der Waals surface area (Å²) in [5.74, 6) is -5.41. The number of carbonyl (C=O) groups is 3. The van der Waals surface area contributed by atoms with Gasteiger partial charge in [0.1, 0.15) is 28.6 Å². The van der Waals surface area contributed by atoms with Gasteiger partial charge in [0.15, 0.2) is 17.0 Å². The van der Waals surface area contributed by atoms with E-state index in [9.17, 15) is 35.0 Å². The van der Waals surface area contributed by atoms with Crippen molar-refractivity contribution in [3.05, 3.63) is 40.2 Å². The van der Waals surface area contributed by atoms with Gasteiger partial charge in [-0.3, -0.25) is 19.3 Å². The highest BCUT2D eigenvalue weighted by atomic mass is 16.5. The number of phenolic OH excluding ortho intramolecular Hbond substituents is 1. The molecule has 0 radical (unpaired) electrons. The Morgan fingerprint density at radius 2 is 1.89 bits per heavy atom. The first-order chi connectivity index (χ1) is 17.7. The molecule has 12 heteroatoms. The first-order valence-corrected chi connectivity index (χ1v) is 12.1. The molecular formula is C26H31N5O7. The van der Waals surface area contributed by atoms with E-state index in [1.807, 2.05) is 6.92 Å². The van der Waals surface area contributed by atoms with Crippen molar-refractivity contribution in [3.8, 4) is 17.6 Å². The summed E-state index contributed by atoms with van der Waals surface area (Å²) in [4.78, 5) is 41.2. The number of hydrogen-bond acceptors (Lipinski definition) is 11. The van der Waals surface area contributed by atoms with Crippen molar-refractivity contribution in [2.24, 2.45) is 22.6 Å². The summed E-state index contributed by atoms with van der Waals surface area (Å²) in [6.07, 6.45) is 1.02. The monoisotopic (exact) mass is 525 g/mol. The third-order valence-electron chi connectivity index (χ3n) is 7.85. The number of ether oxygens (including phenoxy) is 1. The van der Waals surface area contributed by atoms with E-state index in [1.54, 1.807) is 6.07 Å². The second-order valence-electron chi connectivity index (χ2n) is 10.4. The summed E-state index contributed by atoms with van der Waals surface area (Å²) in [5, 5.41) is 43.6. The summed E-state index contributed by atoms with van der Waals surface area (Å²) in [6.45, 7) is 2.34. The SMILES string of the molecule is CCCCOc1ccc(O)c2c1C[C@@]1(N)C[C@@]3(N)[C@H](N(C)C)C(=O)C(C(N)=O)=C(O)[C@@]3(C#N)C(=O)C1=C2O. The first kappa shape index (κ1) is 27.1. The molecule has 1 aromatic rings. The average Bonchev–Trinajstić information content (AvgIpc) is 2.79. The molecule has 9 N–H and O–H groups in total. The van der Waals surface area contributed by atoms with E-state index in [1.165, 1.54) is 31.1 Å². The molecule has 0 saturated heterocycles. The number of hydrogen-bond donors (Lipinski definition) is 6. The van der Waals surface area contributed by atoms with Crippen molar-refractivity contribution >= 4 is 23.2 Å². The number of primary amides is 1. The van der Waals surface area contributed by atoms with Crippen molar-refractivity contribution in [2.75, 3.05) is 20.7 Å². The lowest BCUT2D eigenvalue weighted by Gasteiger charge is -2.58. The van der Waals surface area contributed by atoms with Gasteiger partial charge in [0.25, 0.3) is 5.91 Å². The first-order valence-electron chi connectivity index (χ1n) is 12.1. The van der Waals surface area contributed by atoms with Crippen LogP contribution in [-0.2, 0) is 20.8 Å². The van der Waals surface area contributed by atoms with Crippen LogP contribution >= 0.6 is 0 Å². The zero-order chi connectivity index (χ0) is 28.4. The van der Waals surface area contributed by atoms with Crippen molar-refractivity contribution in [1.29, 1.82) is 5.26 Å². The van der Waals surface area contributed by atoms with E-state index in [0.717, 1.165) is 12.8 Å². The minimum Gasteiger partial charge on any atom is -0.509 e. The predicted octanol–water partition coefficient (Wildman–Crippen LogP) is 0.0844. The molecule has 1 amide bonds. The molecule has 0 bridgehead atoms. The number of amides is 1. The number of Topliss-reactive ketones (excluding diaryl/α,β-unsaturated/α-hetero) is 2. The molecule has 1 fully saturated rings. The van der Waals surface area contributed by atoms with Gasteiger partial charge in [-0.1, -0.05) is 13.3 Å². The zero-order valence-corrected chi connectivity index (χ0v) is 21.4. The number of phenols is 1. The summed E-state index contributed by atoms with van der Waals surface area (Å²) >= 11 is 0. The highest BCUT2D eigenvalue weighted by Crippen LogP contribution is 2.58. The Morgan fingerprint density at radius 3 is 2.45 bits per heavy atom. The van der Waals surface area contributed by atoms with Gasteiger partial charge in [0, 0.05) is 5.56 Å². The van der Waals surface area contributed by atoms with Gasteiger partial charge >= 0.3 is 0 Å². The van der Waals surface area contributed by atoms with Crippen LogP contribution in [0.4, 0.5) is 0 Å². The fraction of sp³-hybridized carbons (Fsp3) is 0.462. The van der Waals surface area contributed by atoms with Crippen LogP contribution in [0.5, 0.6) is 11.5 Å². The normalized spacial score (nSPS) is 30.5. The molecule has 0 aliphatic heterocycles. The number of aliphatic hydroxyl groups is 2. The Bertz CT molecular complexity index is 1380. The number of rotatable bonds is 6. The van der Waals surface area contributed by atoms with Crippen molar-refractivity contribution in [1.82, 2.24) is 4.90 Å². The zero-order valence-electron chi connectivity index (χ0n) is 21.4. The van der Waals surface area contributed by atoms with Crippen LogP contribution in [0.25, 0.3) is 5.76 Å². The molecule has 4 atom stereocenters. The largest absolute Gasteiger partial charge is 0.509 e. The third-order valence-corrected chi connectivity index (χ3v) is 7.85. The third kappa shape index (κ3) is 3.29. The number of unbranched alkanes of at least 4 members (excludes halogenated alkanes) is 1. The number of nitrogens with two attached hydrogens (primary N) is 3. The molecular weight excluding hydrogens is 494 g/mol. The molecule has 12 nitrogen and oxygen atoms in total. The minimum atomic E-state index is -2.69. The molecule has 0 spiro atoms. The Hall–Kier alpha value is -3.92. The van der Waals surface area contributed by atoms with Crippen molar-refractivity contribution in [2.45, 2.75) is 49.7 Å². The standard InChI is InChI=1S/C26H31N5O7/c1-4-5-8-38-14-7-6-13(32)15-12(14)9-24(29)10-26(30)20(31(2)3)19(34)16(23(28)37)21(35)25(26,11-27)22(36)17(24)18(15)33/h6-7,20,32-33,35H,4-5,8-10,29-30H2,1-3H3,(H2,28,37)/t20-,24-,25+,26-/m1/s1. The Labute approximate surface area is 218 Å². The van der Waals surface area contributed by atoms with E-state index in [-0.39, 0.29) is 17.7 Å². The van der Waals surface area contributed by atoms with Gasteiger partial charge < -0.3 is 37.3 Å². The van der Waals surface area contributed by atoms with Crippen LogP contribution in [0.3, 0.4) is 0 Å². The number of nitrogens with zero attached hydrogens (tertiary/aromatic N) is 2. The molecule has 0 aromatic heterocycles. The molecule has 3 aliphatic rings. The van der Waals surface area contributed by atoms with Crippen LogP contribution in [0.2, 0.25) is 0 Å². The number of carbonyl (C=O) groups excluding carboxylic acids is 3. The van der Waals surface area contributed by atoms with Gasteiger partial charge in [0.05, 0.1) is 40.9 Å². The highest BCUT2D eigenvalue weighted by molar-refractivity contribution is 6.25. The van der Waals surface area contributed by atoms with E-state index in [0.29, 0.717) is 17.9 Å². The lowest BCUT2D eigenvalue weighted by atomic mass is 9.47. The minimum absolute atomic E-state index is 0.101. The number of aromatic hydroxyl groups is 1. The predicted molar refractivity (Wildman–Crippen MR) is 135 cm³/mol. The topological polar surface area (TPSA) is 226 Å². The van der Waals surface area contributed by atoms with E-state index in [4.69, 9.17) is 21.9 Å². The van der Waals surface area contributed by atoms with Crippen LogP contribution < -0.4 is 21.9 Å². The summed E-state index contributed by atoms with van der Waals surface area (Å²) in [6, 6.07) is 3.11. The van der Waals surface area contributed by atoms with Crippen LogP contribution in [-0.4, -0.2) is 75.5 Å². The maximum atomic E-state index is 14.2. The highest BCUT2D eigenvalue weighted by Gasteiger charge is 2.74. The number of benzene rings is 1. The lowest BCUT2D eigenvalue weighted by molar-refractivity contribution is -0.139. The Balaban J connectivity index is 2.06. The fourth-order valence-corrected chi connectivity index (χ4v) is 6.27. The second-order valence-corrected chi connectivity index (χ2v) is 10.4. The number of aliphatic hydroxyl groups excluding tert-OH is 2. The Morgan fingerprint density at radius 1 is 1.24 bits per heavy atom. The molecule has 0 heterocycles. The number of likely N-dealkylation sites (N-methyl/N-ethyl adjacent to an activating group) is 1. The quantitative estimate of drug-likeness (QED) is 0.215. The van der Waals surface area contributed by atoms with Gasteiger partial charge in [-0.25, -0.2) is 0 Å². The van der Waals surface area contributed by atoms with E-state index >= 15 is 0 Å². The van der Waals surface area contributed by atoms with Gasteiger partial charge in [-0.15, -0.1) is 0 Å². The van der Waals surface area contributed by atoms with Gasteiger partial charge in [-0.05, 0) is 45.5 Å². The molecule has 1 aromatic carbocycles. The Kier molecular flexibility index (Phi) is 6.31. The lowest BCUT2D eigenvalue weighted by Crippen LogP contribution is -2.80. The van der Waals surface area contributed by atoms with Gasteiger partial charge in [0.2, 0.25) is 0 Å². The molecule has 0 unspecified atom stereocenters. The van der Waals surface area contributed by atoms with E-state index < -0.39 is 69.1 Å². The van der Waals surface area contributed by atoms with Crippen LogP contribution in [0.1, 0.15) is 37.3 Å². The van der Waals surface area contributed by atoms with Crippen LogP contribution in [0, 0.1) is 16.7 Å². The molecule has 3 aliphatic carbocycles. The molecule has 1 saturated carbocycles. The smallest absolute Gasteiger partial charge is 0.255 e. The fourth-order valence-electron chi connectivity index (χ4n) is 6.27. The molecule has 4 rings (SSSR count). The van der Waals surface area contributed by atoms with Gasteiger partial charge in [-0.2, -0.15) is 5.26 Å². The summed E-state index contributed by atoms with van der Waals surface area (Å²) < 4.78 is 5.88. The number of fused-ring (bicyclic) bond motifs is 3.